The molecule has 1 amide bonds. The van der Waals surface area contributed by atoms with Gasteiger partial charge in [0.1, 0.15) is 5.75 Å². The van der Waals surface area contributed by atoms with Crippen LogP contribution in [0.2, 0.25) is 0 Å². The molecule has 0 aliphatic carbocycles. The highest BCUT2D eigenvalue weighted by Crippen LogP contribution is 2.35. The zero-order chi connectivity index (χ0) is 14.7. The topological polar surface area (TPSA) is 51.2 Å². The Hall–Kier alpha value is -1.95. The van der Waals surface area contributed by atoms with Crippen molar-refractivity contribution in [1.29, 1.82) is 0 Å². The Morgan fingerprint density at radius 2 is 1.95 bits per heavy atom. The van der Waals surface area contributed by atoms with E-state index in [-0.39, 0.29) is 19.3 Å². The van der Waals surface area contributed by atoms with E-state index in [0.717, 1.165) is 32.7 Å². The van der Waals surface area contributed by atoms with E-state index in [9.17, 15) is 4.79 Å². The maximum atomic E-state index is 12.1. The first-order valence-corrected chi connectivity index (χ1v) is 7.29. The van der Waals surface area contributed by atoms with Gasteiger partial charge in [-0.05, 0) is 18.7 Å². The molecule has 0 radical (unpaired) electrons. The average molecular weight is 292 g/mol. The van der Waals surface area contributed by atoms with Crippen LogP contribution >= 0.6 is 0 Å². The Morgan fingerprint density at radius 1 is 1.19 bits per heavy atom. The fraction of sp³-hybridized carbons (Fsp3) is 0.533. The molecule has 1 saturated heterocycles. The summed E-state index contributed by atoms with van der Waals surface area (Å²) in [5.41, 5.74) is 0. The quantitative estimate of drug-likeness (QED) is 0.827. The molecule has 2 aliphatic heterocycles. The lowest BCUT2D eigenvalue weighted by atomic mass is 10.3. The summed E-state index contributed by atoms with van der Waals surface area (Å²) in [5, 5.41) is 0. The normalized spacial score (nSPS) is 17.9. The zero-order valence-corrected chi connectivity index (χ0v) is 12.2. The summed E-state index contributed by atoms with van der Waals surface area (Å²) in [4.78, 5) is 16.3. The number of ether oxygens (including phenoxy) is 3. The maximum absolute atomic E-state index is 12.1. The molecule has 0 bridgehead atoms. The van der Waals surface area contributed by atoms with Gasteiger partial charge in [-0.1, -0.05) is 6.92 Å². The molecule has 1 aromatic carbocycles. The number of carbonyl (C=O) groups excluding carboxylic acids is 1. The SMILES string of the molecule is CCN1CCN(C(=O)COc2ccc3c(c2)OCO3)CC1. The van der Waals surface area contributed by atoms with Gasteiger partial charge in [0.15, 0.2) is 18.1 Å². The van der Waals surface area contributed by atoms with Crippen molar-refractivity contribution in [3.05, 3.63) is 18.2 Å². The molecule has 3 rings (SSSR count). The van der Waals surface area contributed by atoms with Crippen LogP contribution in [0.5, 0.6) is 17.2 Å². The van der Waals surface area contributed by atoms with Crippen LogP contribution in [0, 0.1) is 0 Å². The molecule has 6 nitrogen and oxygen atoms in total. The molecule has 0 N–H and O–H groups in total. The lowest BCUT2D eigenvalue weighted by Crippen LogP contribution is -2.49. The minimum absolute atomic E-state index is 0.0309. The van der Waals surface area contributed by atoms with Gasteiger partial charge in [0.2, 0.25) is 6.79 Å². The number of amides is 1. The number of carbonyl (C=O) groups is 1. The monoisotopic (exact) mass is 292 g/mol. The van der Waals surface area contributed by atoms with Crippen molar-refractivity contribution in [1.82, 2.24) is 9.80 Å². The predicted octanol–water partition coefficient (Wildman–Crippen LogP) is 0.958. The molecule has 0 unspecified atom stereocenters. The van der Waals surface area contributed by atoms with Gasteiger partial charge in [-0.2, -0.15) is 0 Å². The van der Waals surface area contributed by atoms with Crippen molar-refractivity contribution in [2.45, 2.75) is 6.92 Å². The number of nitrogens with zero attached hydrogens (tertiary/aromatic N) is 2. The third-order valence-electron chi connectivity index (χ3n) is 3.88. The molecule has 2 heterocycles. The van der Waals surface area contributed by atoms with Gasteiger partial charge in [0.05, 0.1) is 0 Å². The van der Waals surface area contributed by atoms with E-state index in [2.05, 4.69) is 11.8 Å². The summed E-state index contributed by atoms with van der Waals surface area (Å²) in [6, 6.07) is 5.34. The van der Waals surface area contributed by atoms with Crippen molar-refractivity contribution in [3.63, 3.8) is 0 Å². The minimum Gasteiger partial charge on any atom is -0.484 e. The molecule has 6 heteroatoms. The van der Waals surface area contributed by atoms with Crippen molar-refractivity contribution in [3.8, 4) is 17.2 Å². The number of hydrogen-bond acceptors (Lipinski definition) is 5. The summed E-state index contributed by atoms with van der Waals surface area (Å²) in [5.74, 6) is 2.03. The van der Waals surface area contributed by atoms with Crippen LogP contribution in [0.25, 0.3) is 0 Å². The Kier molecular flexibility index (Phi) is 4.15. The summed E-state index contributed by atoms with van der Waals surface area (Å²) in [7, 11) is 0. The van der Waals surface area contributed by atoms with Gasteiger partial charge in [0, 0.05) is 32.2 Å². The highest BCUT2D eigenvalue weighted by Gasteiger charge is 2.21. The lowest BCUT2D eigenvalue weighted by Gasteiger charge is -2.33. The summed E-state index contributed by atoms with van der Waals surface area (Å²) < 4.78 is 16.1. The first-order chi connectivity index (χ1) is 10.3. The number of likely N-dealkylation sites (N-methyl/N-ethyl adjacent to an activating group) is 1. The van der Waals surface area contributed by atoms with E-state index >= 15 is 0 Å². The second-order valence-corrected chi connectivity index (χ2v) is 5.12. The van der Waals surface area contributed by atoms with E-state index in [1.807, 2.05) is 4.90 Å². The van der Waals surface area contributed by atoms with Crippen LogP contribution in [-0.4, -0.2) is 61.8 Å². The van der Waals surface area contributed by atoms with Crippen LogP contribution in [-0.2, 0) is 4.79 Å². The molecule has 21 heavy (non-hydrogen) atoms. The maximum Gasteiger partial charge on any atom is 0.260 e. The fourth-order valence-corrected chi connectivity index (χ4v) is 2.52. The Bertz CT molecular complexity index is 512. The third-order valence-corrected chi connectivity index (χ3v) is 3.88. The second-order valence-electron chi connectivity index (χ2n) is 5.12. The standard InChI is InChI=1S/C15H20N2O4/c1-2-16-5-7-17(8-6-16)15(18)10-19-12-3-4-13-14(9-12)21-11-20-13/h3-4,9H,2,5-8,10-11H2,1H3. The molecule has 114 valence electrons. The second kappa shape index (κ2) is 6.22. The Labute approximate surface area is 124 Å². The lowest BCUT2D eigenvalue weighted by molar-refractivity contribution is -0.135. The number of benzene rings is 1. The van der Waals surface area contributed by atoms with E-state index in [0.29, 0.717) is 17.2 Å². The fourth-order valence-electron chi connectivity index (χ4n) is 2.52. The van der Waals surface area contributed by atoms with Crippen LogP contribution in [0.4, 0.5) is 0 Å². The molecule has 1 aromatic rings. The molecule has 0 spiro atoms. The van der Waals surface area contributed by atoms with Gasteiger partial charge < -0.3 is 24.0 Å². The van der Waals surface area contributed by atoms with E-state index in [1.165, 1.54) is 0 Å². The highest BCUT2D eigenvalue weighted by atomic mass is 16.7. The number of piperazine rings is 1. The summed E-state index contributed by atoms with van der Waals surface area (Å²) >= 11 is 0. The minimum atomic E-state index is 0.0309. The van der Waals surface area contributed by atoms with E-state index < -0.39 is 0 Å². The van der Waals surface area contributed by atoms with Gasteiger partial charge in [0.25, 0.3) is 5.91 Å². The zero-order valence-electron chi connectivity index (χ0n) is 12.2. The Morgan fingerprint density at radius 3 is 2.71 bits per heavy atom. The van der Waals surface area contributed by atoms with Crippen LogP contribution < -0.4 is 14.2 Å². The number of fused-ring (bicyclic) bond motifs is 1. The molecule has 0 saturated carbocycles. The van der Waals surface area contributed by atoms with Gasteiger partial charge in [-0.3, -0.25) is 4.79 Å². The van der Waals surface area contributed by atoms with Crippen LogP contribution in [0.1, 0.15) is 6.92 Å². The van der Waals surface area contributed by atoms with Crippen molar-refractivity contribution < 1.29 is 19.0 Å². The first kappa shape index (κ1) is 14.0. The van der Waals surface area contributed by atoms with Gasteiger partial charge >= 0.3 is 0 Å². The average Bonchev–Trinajstić information content (AvgIpc) is 3.00. The number of hydrogen-bond donors (Lipinski definition) is 0. The van der Waals surface area contributed by atoms with Crippen molar-refractivity contribution >= 4 is 5.91 Å². The molecule has 1 fully saturated rings. The molecular formula is C15H20N2O4. The first-order valence-electron chi connectivity index (χ1n) is 7.29. The van der Waals surface area contributed by atoms with Gasteiger partial charge in [-0.25, -0.2) is 0 Å². The number of rotatable bonds is 4. The molecular weight excluding hydrogens is 272 g/mol. The largest absolute Gasteiger partial charge is 0.484 e. The smallest absolute Gasteiger partial charge is 0.260 e. The molecule has 2 aliphatic rings. The van der Waals surface area contributed by atoms with Crippen molar-refractivity contribution in [2.75, 3.05) is 46.1 Å². The van der Waals surface area contributed by atoms with Crippen LogP contribution in [0.3, 0.4) is 0 Å². The molecule has 0 aromatic heterocycles. The highest BCUT2D eigenvalue weighted by molar-refractivity contribution is 5.78. The van der Waals surface area contributed by atoms with E-state index in [4.69, 9.17) is 14.2 Å². The summed E-state index contributed by atoms with van der Waals surface area (Å²) in [6.45, 7) is 6.90. The predicted molar refractivity (Wildman–Crippen MR) is 76.8 cm³/mol. The van der Waals surface area contributed by atoms with Crippen molar-refractivity contribution in [2.24, 2.45) is 0 Å². The Balaban J connectivity index is 1.50. The third kappa shape index (κ3) is 3.21. The molecule has 0 atom stereocenters. The van der Waals surface area contributed by atoms with Gasteiger partial charge in [-0.15, -0.1) is 0 Å². The van der Waals surface area contributed by atoms with E-state index in [1.54, 1.807) is 18.2 Å². The summed E-state index contributed by atoms with van der Waals surface area (Å²) in [6.07, 6.45) is 0. The van der Waals surface area contributed by atoms with Crippen LogP contribution in [0.15, 0.2) is 18.2 Å².